The van der Waals surface area contributed by atoms with Crippen LogP contribution in [-0.4, -0.2) is 16.4 Å². The van der Waals surface area contributed by atoms with Gasteiger partial charge in [-0.3, -0.25) is 4.79 Å². The molecule has 1 heterocycles. The summed E-state index contributed by atoms with van der Waals surface area (Å²) in [5, 5.41) is 12.4. The summed E-state index contributed by atoms with van der Waals surface area (Å²) in [6.45, 7) is 0. The van der Waals surface area contributed by atoms with Crippen LogP contribution in [0.25, 0.3) is 32.8 Å². The molecule has 0 atom stereocenters. The molecule has 1 aromatic heterocycles. The average Bonchev–Trinajstić information content (AvgIpc) is 2.61. The number of rotatable bonds is 2. The van der Waals surface area contributed by atoms with Gasteiger partial charge in [0.2, 0.25) is 0 Å². The van der Waals surface area contributed by atoms with Gasteiger partial charge in [0.25, 0.3) is 0 Å². The normalized spacial score (nSPS) is 11.0. The Kier molecular flexibility index (Phi) is 3.05. The molecule has 0 radical (unpaired) electrons. The Morgan fingerprint density at radius 2 is 1.57 bits per heavy atom. The zero-order valence-electron chi connectivity index (χ0n) is 12.2. The van der Waals surface area contributed by atoms with Crippen LogP contribution in [0.5, 0.6) is 5.75 Å². The van der Waals surface area contributed by atoms with Gasteiger partial charge in [-0.05, 0) is 34.7 Å². The number of phenols is 1. The van der Waals surface area contributed by atoms with Gasteiger partial charge in [0.15, 0.2) is 6.29 Å². The fraction of sp³-hybridized carbons (Fsp3) is 0. The van der Waals surface area contributed by atoms with Crippen molar-refractivity contribution in [2.24, 2.45) is 0 Å². The molecular formula is C20H13NO2. The van der Waals surface area contributed by atoms with Gasteiger partial charge in [-0.2, -0.15) is 0 Å². The topological polar surface area (TPSA) is 50.2 Å². The highest BCUT2D eigenvalue weighted by Gasteiger charge is 2.11. The van der Waals surface area contributed by atoms with Gasteiger partial charge in [0.05, 0.1) is 5.52 Å². The van der Waals surface area contributed by atoms with Crippen molar-refractivity contribution in [2.45, 2.75) is 0 Å². The molecule has 3 nitrogen and oxygen atoms in total. The van der Waals surface area contributed by atoms with E-state index in [9.17, 15) is 9.90 Å². The van der Waals surface area contributed by atoms with E-state index in [1.54, 1.807) is 12.1 Å². The number of pyridine rings is 1. The molecule has 0 amide bonds. The molecule has 0 saturated heterocycles. The van der Waals surface area contributed by atoms with Crippen molar-refractivity contribution in [1.82, 2.24) is 4.98 Å². The van der Waals surface area contributed by atoms with Gasteiger partial charge in [-0.25, -0.2) is 4.98 Å². The van der Waals surface area contributed by atoms with E-state index >= 15 is 0 Å². The van der Waals surface area contributed by atoms with Crippen LogP contribution in [0.3, 0.4) is 0 Å². The molecule has 0 fully saturated rings. The van der Waals surface area contributed by atoms with Crippen molar-refractivity contribution < 1.29 is 9.90 Å². The fourth-order valence-electron chi connectivity index (χ4n) is 3.00. The third kappa shape index (κ3) is 2.14. The van der Waals surface area contributed by atoms with E-state index in [1.807, 2.05) is 54.6 Å². The Bertz CT molecular complexity index is 1040. The number of phenolic OH excluding ortho intramolecular Hbond substituents is 1. The standard InChI is InChI=1S/C20H13NO2/c22-12-19-16-4-1-2-5-17(16)20-15(6-3-7-18(20)21-19)13-8-10-14(23)11-9-13/h1-12,23H. The summed E-state index contributed by atoms with van der Waals surface area (Å²) in [7, 11) is 0. The second kappa shape index (κ2) is 5.21. The molecule has 0 aliphatic heterocycles. The predicted octanol–water partition coefficient (Wildman–Crippen LogP) is 4.57. The number of hydrogen-bond acceptors (Lipinski definition) is 3. The summed E-state index contributed by atoms with van der Waals surface area (Å²) in [6, 6.07) is 20.8. The monoisotopic (exact) mass is 299 g/mol. The Balaban J connectivity index is 2.16. The molecule has 23 heavy (non-hydrogen) atoms. The molecule has 0 aliphatic rings. The third-order valence-corrected chi connectivity index (χ3v) is 4.05. The molecular weight excluding hydrogens is 286 g/mol. The third-order valence-electron chi connectivity index (χ3n) is 4.05. The van der Waals surface area contributed by atoms with E-state index in [1.165, 1.54) is 0 Å². The highest BCUT2D eigenvalue weighted by molar-refractivity contribution is 6.16. The maximum Gasteiger partial charge on any atom is 0.169 e. The molecule has 0 aliphatic carbocycles. The number of aldehydes is 1. The van der Waals surface area contributed by atoms with Crippen LogP contribution < -0.4 is 0 Å². The molecule has 0 unspecified atom stereocenters. The van der Waals surface area contributed by atoms with Gasteiger partial charge >= 0.3 is 0 Å². The molecule has 0 spiro atoms. The lowest BCUT2D eigenvalue weighted by Crippen LogP contribution is -1.93. The van der Waals surface area contributed by atoms with E-state index in [-0.39, 0.29) is 5.75 Å². The van der Waals surface area contributed by atoms with Crippen molar-refractivity contribution in [3.8, 4) is 16.9 Å². The maximum absolute atomic E-state index is 11.4. The first kappa shape index (κ1) is 13.5. The molecule has 3 aromatic carbocycles. The highest BCUT2D eigenvalue weighted by atomic mass is 16.3. The minimum atomic E-state index is 0.236. The van der Waals surface area contributed by atoms with Crippen molar-refractivity contribution in [3.05, 3.63) is 72.4 Å². The van der Waals surface area contributed by atoms with E-state index in [4.69, 9.17) is 0 Å². The number of carbonyl (C=O) groups excluding carboxylic acids is 1. The van der Waals surface area contributed by atoms with Crippen molar-refractivity contribution in [3.63, 3.8) is 0 Å². The molecule has 0 saturated carbocycles. The maximum atomic E-state index is 11.4. The zero-order valence-corrected chi connectivity index (χ0v) is 12.2. The fourth-order valence-corrected chi connectivity index (χ4v) is 3.00. The number of nitrogens with zero attached hydrogens (tertiary/aromatic N) is 1. The van der Waals surface area contributed by atoms with Crippen molar-refractivity contribution in [1.29, 1.82) is 0 Å². The lowest BCUT2D eigenvalue weighted by Gasteiger charge is -2.11. The minimum Gasteiger partial charge on any atom is -0.508 e. The largest absolute Gasteiger partial charge is 0.508 e. The van der Waals surface area contributed by atoms with Crippen molar-refractivity contribution in [2.75, 3.05) is 0 Å². The van der Waals surface area contributed by atoms with Crippen LogP contribution in [0.4, 0.5) is 0 Å². The Morgan fingerprint density at radius 3 is 2.30 bits per heavy atom. The average molecular weight is 299 g/mol. The second-order valence-corrected chi connectivity index (χ2v) is 5.41. The summed E-state index contributed by atoms with van der Waals surface area (Å²) in [4.78, 5) is 15.9. The predicted molar refractivity (Wildman–Crippen MR) is 91.7 cm³/mol. The van der Waals surface area contributed by atoms with E-state index in [2.05, 4.69) is 4.98 Å². The van der Waals surface area contributed by atoms with Gasteiger partial charge in [-0.15, -0.1) is 0 Å². The number of hydrogen-bond donors (Lipinski definition) is 1. The van der Waals surface area contributed by atoms with E-state index in [0.717, 1.165) is 39.1 Å². The van der Waals surface area contributed by atoms with Gasteiger partial charge in [0, 0.05) is 10.8 Å². The number of aromatic nitrogens is 1. The van der Waals surface area contributed by atoms with Crippen LogP contribution in [0.15, 0.2) is 66.7 Å². The lowest BCUT2D eigenvalue weighted by atomic mass is 9.95. The molecule has 110 valence electrons. The van der Waals surface area contributed by atoms with Crippen LogP contribution in [0.2, 0.25) is 0 Å². The van der Waals surface area contributed by atoms with E-state index < -0.39 is 0 Å². The molecule has 4 rings (SSSR count). The number of carbonyl (C=O) groups is 1. The molecule has 1 N–H and O–H groups in total. The highest BCUT2D eigenvalue weighted by Crippen LogP contribution is 2.34. The Hall–Kier alpha value is -3.20. The van der Waals surface area contributed by atoms with Crippen LogP contribution in [0, 0.1) is 0 Å². The summed E-state index contributed by atoms with van der Waals surface area (Å²) >= 11 is 0. The lowest BCUT2D eigenvalue weighted by molar-refractivity contribution is 0.112. The quantitative estimate of drug-likeness (QED) is 0.435. The van der Waals surface area contributed by atoms with Gasteiger partial charge in [-0.1, -0.05) is 48.5 Å². The number of fused-ring (bicyclic) bond motifs is 3. The number of benzene rings is 3. The van der Waals surface area contributed by atoms with Crippen LogP contribution >= 0.6 is 0 Å². The van der Waals surface area contributed by atoms with E-state index in [0.29, 0.717) is 5.69 Å². The Morgan fingerprint density at radius 1 is 0.826 bits per heavy atom. The zero-order chi connectivity index (χ0) is 15.8. The van der Waals surface area contributed by atoms with Crippen molar-refractivity contribution >= 4 is 28.0 Å². The molecule has 0 bridgehead atoms. The summed E-state index contributed by atoms with van der Waals surface area (Å²) < 4.78 is 0. The SMILES string of the molecule is O=Cc1nc2cccc(-c3ccc(O)cc3)c2c2ccccc12. The smallest absolute Gasteiger partial charge is 0.169 e. The summed E-state index contributed by atoms with van der Waals surface area (Å²) in [5.74, 6) is 0.236. The first-order valence-corrected chi connectivity index (χ1v) is 7.34. The molecule has 3 heteroatoms. The second-order valence-electron chi connectivity index (χ2n) is 5.41. The summed E-state index contributed by atoms with van der Waals surface area (Å²) in [5.41, 5.74) is 3.27. The van der Waals surface area contributed by atoms with Gasteiger partial charge < -0.3 is 5.11 Å². The first-order chi connectivity index (χ1) is 11.3. The van der Waals surface area contributed by atoms with Crippen LogP contribution in [-0.2, 0) is 0 Å². The Labute approximate surface area is 132 Å². The molecule has 4 aromatic rings. The van der Waals surface area contributed by atoms with Gasteiger partial charge in [0.1, 0.15) is 11.4 Å². The summed E-state index contributed by atoms with van der Waals surface area (Å²) in [6.07, 6.45) is 0.801. The number of aromatic hydroxyl groups is 1. The van der Waals surface area contributed by atoms with Crippen LogP contribution in [0.1, 0.15) is 10.5 Å². The first-order valence-electron chi connectivity index (χ1n) is 7.34. The minimum absolute atomic E-state index is 0.236.